The van der Waals surface area contributed by atoms with Gasteiger partial charge in [-0.1, -0.05) is 18.2 Å². The van der Waals surface area contributed by atoms with Gasteiger partial charge in [0.2, 0.25) is 0 Å². The topological polar surface area (TPSA) is 53.7 Å². The van der Waals surface area contributed by atoms with E-state index in [1.165, 1.54) is 0 Å². The minimum absolute atomic E-state index is 0.181. The van der Waals surface area contributed by atoms with Crippen LogP contribution in [0.1, 0.15) is 25.5 Å². The number of hydrogen-bond donors (Lipinski definition) is 1. The van der Waals surface area contributed by atoms with Crippen molar-refractivity contribution in [1.29, 1.82) is 0 Å². The molecule has 94 valence electrons. The fourth-order valence-electron chi connectivity index (χ4n) is 2.01. The fraction of sp³-hybridized carbons (Fsp3) is 0.538. The SMILES string of the molecule is COc1ccccc1[C@H]1OC(C)(C)OC[C@H]1N. The van der Waals surface area contributed by atoms with E-state index in [2.05, 4.69) is 0 Å². The highest BCUT2D eigenvalue weighted by atomic mass is 16.7. The zero-order valence-corrected chi connectivity index (χ0v) is 10.5. The third-order valence-corrected chi connectivity index (χ3v) is 2.87. The van der Waals surface area contributed by atoms with E-state index in [9.17, 15) is 0 Å². The van der Waals surface area contributed by atoms with Crippen LogP contribution >= 0.6 is 0 Å². The molecule has 17 heavy (non-hydrogen) atoms. The summed E-state index contributed by atoms with van der Waals surface area (Å²) in [7, 11) is 1.65. The maximum Gasteiger partial charge on any atom is 0.163 e. The number of ether oxygens (including phenoxy) is 3. The summed E-state index contributed by atoms with van der Waals surface area (Å²) >= 11 is 0. The van der Waals surface area contributed by atoms with Crippen molar-refractivity contribution in [2.75, 3.05) is 13.7 Å². The Morgan fingerprint density at radius 3 is 2.76 bits per heavy atom. The minimum atomic E-state index is -0.610. The number of hydrogen-bond acceptors (Lipinski definition) is 4. The molecule has 2 atom stereocenters. The van der Waals surface area contributed by atoms with Crippen molar-refractivity contribution in [2.45, 2.75) is 31.8 Å². The quantitative estimate of drug-likeness (QED) is 0.852. The van der Waals surface area contributed by atoms with Gasteiger partial charge in [-0.25, -0.2) is 0 Å². The van der Waals surface area contributed by atoms with Gasteiger partial charge in [-0.05, 0) is 19.9 Å². The van der Waals surface area contributed by atoms with Crippen molar-refractivity contribution in [3.8, 4) is 5.75 Å². The Morgan fingerprint density at radius 1 is 1.35 bits per heavy atom. The highest BCUT2D eigenvalue weighted by molar-refractivity contribution is 5.36. The van der Waals surface area contributed by atoms with Crippen LogP contribution in [-0.4, -0.2) is 25.5 Å². The first-order chi connectivity index (χ1) is 8.03. The van der Waals surface area contributed by atoms with Crippen molar-refractivity contribution >= 4 is 0 Å². The summed E-state index contributed by atoms with van der Waals surface area (Å²) in [6, 6.07) is 7.59. The van der Waals surface area contributed by atoms with Crippen molar-refractivity contribution in [3.05, 3.63) is 29.8 Å². The summed E-state index contributed by atoms with van der Waals surface area (Å²) in [5.74, 6) is 0.187. The minimum Gasteiger partial charge on any atom is -0.496 e. The lowest BCUT2D eigenvalue weighted by molar-refractivity contribution is -0.281. The molecule has 4 heteroatoms. The average molecular weight is 237 g/mol. The van der Waals surface area contributed by atoms with E-state index in [-0.39, 0.29) is 12.1 Å². The van der Waals surface area contributed by atoms with Gasteiger partial charge in [-0.2, -0.15) is 0 Å². The highest BCUT2D eigenvalue weighted by Gasteiger charge is 2.36. The second-order valence-corrected chi connectivity index (χ2v) is 4.66. The third kappa shape index (κ3) is 2.60. The van der Waals surface area contributed by atoms with Gasteiger partial charge in [0.1, 0.15) is 11.9 Å². The van der Waals surface area contributed by atoms with Crippen LogP contribution in [0.5, 0.6) is 5.75 Å². The molecule has 2 N–H and O–H groups in total. The standard InChI is InChI=1S/C13H19NO3/c1-13(2)16-8-10(14)12(17-13)9-6-4-5-7-11(9)15-3/h4-7,10,12H,8,14H2,1-3H3/t10-,12-/m1/s1. The van der Waals surface area contributed by atoms with Gasteiger partial charge < -0.3 is 19.9 Å². The van der Waals surface area contributed by atoms with Crippen LogP contribution in [0.15, 0.2) is 24.3 Å². The molecule has 1 aromatic rings. The molecule has 1 fully saturated rings. The van der Waals surface area contributed by atoms with Crippen LogP contribution in [0.3, 0.4) is 0 Å². The van der Waals surface area contributed by atoms with Crippen molar-refractivity contribution in [3.63, 3.8) is 0 Å². The van der Waals surface area contributed by atoms with Crippen LogP contribution in [0, 0.1) is 0 Å². The van der Waals surface area contributed by atoms with Crippen molar-refractivity contribution in [1.82, 2.24) is 0 Å². The van der Waals surface area contributed by atoms with Crippen LogP contribution in [0.4, 0.5) is 0 Å². The lowest BCUT2D eigenvalue weighted by Crippen LogP contribution is -2.48. The molecule has 0 amide bonds. The summed E-state index contributed by atoms with van der Waals surface area (Å²) < 4.78 is 16.7. The average Bonchev–Trinajstić information content (AvgIpc) is 2.32. The Labute approximate surface area is 102 Å². The first-order valence-corrected chi connectivity index (χ1v) is 5.74. The molecular weight excluding hydrogens is 218 g/mol. The first kappa shape index (κ1) is 12.4. The molecule has 0 bridgehead atoms. The fourth-order valence-corrected chi connectivity index (χ4v) is 2.01. The first-order valence-electron chi connectivity index (χ1n) is 5.74. The van der Waals surface area contributed by atoms with Crippen LogP contribution < -0.4 is 10.5 Å². The summed E-state index contributed by atoms with van der Waals surface area (Å²) in [5, 5.41) is 0. The van der Waals surface area contributed by atoms with Gasteiger partial charge in [-0.15, -0.1) is 0 Å². The van der Waals surface area contributed by atoms with Crippen molar-refractivity contribution < 1.29 is 14.2 Å². The zero-order chi connectivity index (χ0) is 12.5. The smallest absolute Gasteiger partial charge is 0.163 e. The Balaban J connectivity index is 2.30. The van der Waals surface area contributed by atoms with E-state index in [0.29, 0.717) is 6.61 Å². The molecular formula is C13H19NO3. The monoisotopic (exact) mass is 237 g/mol. The Bertz CT molecular complexity index is 392. The van der Waals surface area contributed by atoms with Crippen LogP contribution in [-0.2, 0) is 9.47 Å². The molecule has 1 aliphatic rings. The van der Waals surface area contributed by atoms with Gasteiger partial charge >= 0.3 is 0 Å². The van der Waals surface area contributed by atoms with E-state index in [1.54, 1.807) is 7.11 Å². The summed E-state index contributed by atoms with van der Waals surface area (Å²) in [6.07, 6.45) is -0.199. The van der Waals surface area contributed by atoms with Gasteiger partial charge in [0.25, 0.3) is 0 Å². The molecule has 0 saturated carbocycles. The molecule has 0 unspecified atom stereocenters. The molecule has 1 heterocycles. The van der Waals surface area contributed by atoms with E-state index in [0.717, 1.165) is 11.3 Å². The van der Waals surface area contributed by atoms with Gasteiger partial charge in [0.05, 0.1) is 19.8 Å². The number of nitrogens with two attached hydrogens (primary N) is 1. The van der Waals surface area contributed by atoms with E-state index >= 15 is 0 Å². The summed E-state index contributed by atoms with van der Waals surface area (Å²) in [6.45, 7) is 4.26. The number of rotatable bonds is 2. The molecule has 1 aromatic carbocycles. The third-order valence-electron chi connectivity index (χ3n) is 2.87. The molecule has 0 spiro atoms. The number of para-hydroxylation sites is 1. The Morgan fingerprint density at radius 2 is 2.06 bits per heavy atom. The van der Waals surface area contributed by atoms with Crippen LogP contribution in [0.25, 0.3) is 0 Å². The molecule has 2 rings (SSSR count). The second kappa shape index (κ2) is 4.64. The number of methoxy groups -OCH3 is 1. The Kier molecular flexibility index (Phi) is 3.38. The molecule has 0 radical (unpaired) electrons. The largest absolute Gasteiger partial charge is 0.496 e. The number of benzene rings is 1. The van der Waals surface area contributed by atoms with Crippen molar-refractivity contribution in [2.24, 2.45) is 5.73 Å². The predicted molar refractivity (Wildman–Crippen MR) is 64.8 cm³/mol. The van der Waals surface area contributed by atoms with E-state index < -0.39 is 5.79 Å². The maximum absolute atomic E-state index is 6.05. The normalized spacial score (nSPS) is 27.8. The van der Waals surface area contributed by atoms with E-state index in [1.807, 2.05) is 38.1 Å². The molecule has 4 nitrogen and oxygen atoms in total. The molecule has 1 saturated heterocycles. The molecule has 1 aliphatic heterocycles. The predicted octanol–water partition coefficient (Wildman–Crippen LogP) is 1.85. The lowest BCUT2D eigenvalue weighted by Gasteiger charge is -2.40. The Hall–Kier alpha value is -1.10. The van der Waals surface area contributed by atoms with Gasteiger partial charge in [0.15, 0.2) is 5.79 Å². The zero-order valence-electron chi connectivity index (χ0n) is 10.5. The van der Waals surface area contributed by atoms with E-state index in [4.69, 9.17) is 19.9 Å². The maximum atomic E-state index is 6.05. The van der Waals surface area contributed by atoms with Gasteiger partial charge in [0, 0.05) is 5.56 Å². The second-order valence-electron chi connectivity index (χ2n) is 4.66. The lowest BCUT2D eigenvalue weighted by atomic mass is 10.0. The molecule has 0 aliphatic carbocycles. The van der Waals surface area contributed by atoms with Crippen LogP contribution in [0.2, 0.25) is 0 Å². The van der Waals surface area contributed by atoms with Gasteiger partial charge in [-0.3, -0.25) is 0 Å². The highest BCUT2D eigenvalue weighted by Crippen LogP contribution is 2.36. The summed E-state index contributed by atoms with van der Waals surface area (Å²) in [4.78, 5) is 0. The summed E-state index contributed by atoms with van der Waals surface area (Å²) in [5.41, 5.74) is 7.02. The molecule has 0 aromatic heterocycles.